The molecule has 4 nitrogen and oxygen atoms in total. The first-order valence-corrected chi connectivity index (χ1v) is 4.06. The number of nitrogens with zero attached hydrogens (tertiary/aromatic N) is 2. The third-order valence-corrected chi connectivity index (χ3v) is 1.92. The van der Waals surface area contributed by atoms with Crippen LogP contribution in [-0.2, 0) is 4.79 Å². The molecule has 0 fully saturated rings. The minimum absolute atomic E-state index is 0.0371. The van der Waals surface area contributed by atoms with E-state index >= 15 is 0 Å². The maximum absolute atomic E-state index is 11.6. The number of nitrogens with one attached hydrogen (secondary N) is 1. The van der Waals surface area contributed by atoms with Crippen LogP contribution in [0.3, 0.4) is 0 Å². The minimum atomic E-state index is -0.309. The lowest BCUT2D eigenvalue weighted by Crippen LogP contribution is -2.25. The van der Waals surface area contributed by atoms with Crippen LogP contribution in [0, 0.1) is 0 Å². The van der Waals surface area contributed by atoms with Crippen LogP contribution in [0.1, 0.15) is 6.92 Å². The van der Waals surface area contributed by atoms with Crippen LogP contribution in [0.5, 0.6) is 0 Å². The zero-order valence-electron chi connectivity index (χ0n) is 7.19. The normalized spacial score (nSPS) is 25.6. The van der Waals surface area contributed by atoms with Gasteiger partial charge in [-0.2, -0.15) is 0 Å². The molecule has 13 heavy (non-hydrogen) atoms. The number of allylic oxidation sites excluding steroid dienone is 2. The average Bonchev–Trinajstić information content (AvgIpc) is 2.36. The fourth-order valence-corrected chi connectivity index (χ4v) is 1.18. The molecular weight excluding hydrogens is 166 g/mol. The summed E-state index contributed by atoms with van der Waals surface area (Å²) < 4.78 is 0. The summed E-state index contributed by atoms with van der Waals surface area (Å²) in [6.45, 7) is 1.76. The van der Waals surface area contributed by atoms with Gasteiger partial charge < -0.3 is 5.32 Å². The maximum Gasteiger partial charge on any atom is 0.207 e. The van der Waals surface area contributed by atoms with Crippen molar-refractivity contribution in [3.05, 3.63) is 23.7 Å². The van der Waals surface area contributed by atoms with E-state index in [1.807, 2.05) is 0 Å². The van der Waals surface area contributed by atoms with Crippen molar-refractivity contribution in [2.45, 2.75) is 13.0 Å². The highest BCUT2D eigenvalue weighted by Gasteiger charge is 2.23. The van der Waals surface area contributed by atoms with Crippen LogP contribution >= 0.6 is 0 Å². The van der Waals surface area contributed by atoms with Gasteiger partial charge in [-0.05, 0) is 13.0 Å². The van der Waals surface area contributed by atoms with Gasteiger partial charge in [-0.15, -0.1) is 0 Å². The molecule has 0 radical (unpaired) electrons. The molecule has 0 spiro atoms. The Morgan fingerprint density at radius 2 is 2.38 bits per heavy atom. The number of aliphatic imine (C=N–C) groups is 2. The predicted molar refractivity (Wildman–Crippen MR) is 50.8 cm³/mol. The van der Waals surface area contributed by atoms with Gasteiger partial charge in [-0.1, -0.05) is 0 Å². The van der Waals surface area contributed by atoms with E-state index < -0.39 is 0 Å². The summed E-state index contributed by atoms with van der Waals surface area (Å²) in [6.07, 6.45) is 6.71. The first-order valence-electron chi connectivity index (χ1n) is 4.06. The lowest BCUT2D eigenvalue weighted by atomic mass is 10.1. The number of carbonyl (C=O) groups is 1. The molecule has 0 aliphatic carbocycles. The summed E-state index contributed by atoms with van der Waals surface area (Å²) >= 11 is 0. The van der Waals surface area contributed by atoms with Crippen molar-refractivity contribution in [2.24, 2.45) is 9.98 Å². The molecule has 66 valence electrons. The predicted octanol–water partition coefficient (Wildman–Crippen LogP) is 0.428. The van der Waals surface area contributed by atoms with Crippen molar-refractivity contribution in [3.63, 3.8) is 0 Å². The van der Waals surface area contributed by atoms with Gasteiger partial charge >= 0.3 is 0 Å². The number of ketones is 1. The minimum Gasteiger partial charge on any atom is -0.359 e. The highest BCUT2D eigenvalue weighted by molar-refractivity contribution is 6.08. The molecule has 0 aromatic carbocycles. The van der Waals surface area contributed by atoms with E-state index in [1.165, 1.54) is 0 Å². The van der Waals surface area contributed by atoms with Crippen molar-refractivity contribution in [2.75, 3.05) is 0 Å². The van der Waals surface area contributed by atoms with Gasteiger partial charge in [0, 0.05) is 18.6 Å². The van der Waals surface area contributed by atoms with Crippen molar-refractivity contribution >= 4 is 18.2 Å². The molecule has 1 unspecified atom stereocenters. The number of hydrogen-bond donors (Lipinski definition) is 1. The van der Waals surface area contributed by atoms with Crippen LogP contribution in [0.2, 0.25) is 0 Å². The second-order valence-electron chi connectivity index (χ2n) is 2.86. The molecule has 2 heterocycles. The molecule has 4 heteroatoms. The monoisotopic (exact) mass is 175 g/mol. The third kappa shape index (κ3) is 1.30. The van der Waals surface area contributed by atoms with Crippen LogP contribution in [-0.4, -0.2) is 24.3 Å². The Kier molecular flexibility index (Phi) is 1.81. The van der Waals surface area contributed by atoms with Crippen LogP contribution < -0.4 is 5.32 Å². The maximum atomic E-state index is 11.6. The van der Waals surface area contributed by atoms with Gasteiger partial charge in [-0.3, -0.25) is 14.8 Å². The summed E-state index contributed by atoms with van der Waals surface area (Å²) in [5, 5.41) is 2.94. The number of dihydropyridines is 1. The van der Waals surface area contributed by atoms with E-state index in [0.717, 1.165) is 0 Å². The number of hydrogen-bond acceptors (Lipinski definition) is 4. The Labute approximate surface area is 75.8 Å². The second-order valence-corrected chi connectivity index (χ2v) is 2.86. The highest BCUT2D eigenvalue weighted by atomic mass is 16.1. The summed E-state index contributed by atoms with van der Waals surface area (Å²) in [7, 11) is 0. The quantitative estimate of drug-likeness (QED) is 0.580. The molecule has 0 bridgehead atoms. The average molecular weight is 175 g/mol. The van der Waals surface area contributed by atoms with Crippen molar-refractivity contribution in [1.29, 1.82) is 0 Å². The van der Waals surface area contributed by atoms with Crippen LogP contribution in [0.25, 0.3) is 0 Å². The molecule has 0 saturated heterocycles. The summed E-state index contributed by atoms with van der Waals surface area (Å²) in [6, 6.07) is -0.309. The molecular formula is C9H9N3O. The van der Waals surface area contributed by atoms with Gasteiger partial charge in [0.05, 0.1) is 5.70 Å². The van der Waals surface area contributed by atoms with E-state index in [1.54, 1.807) is 31.6 Å². The first kappa shape index (κ1) is 7.91. The fraction of sp³-hybridized carbons (Fsp3) is 0.222. The van der Waals surface area contributed by atoms with E-state index in [4.69, 9.17) is 0 Å². The zero-order chi connectivity index (χ0) is 9.26. The van der Waals surface area contributed by atoms with Gasteiger partial charge in [-0.25, -0.2) is 0 Å². The molecule has 1 N–H and O–H groups in total. The Morgan fingerprint density at radius 1 is 1.54 bits per heavy atom. The van der Waals surface area contributed by atoms with Gasteiger partial charge in [0.15, 0.2) is 0 Å². The lowest BCUT2D eigenvalue weighted by Gasteiger charge is -2.13. The SMILES string of the molecule is CC1N=CC2=C(N=CC=CN2)C1=O. The summed E-state index contributed by atoms with van der Waals surface area (Å²) in [5.74, 6) is -0.0371. The Hall–Kier alpha value is -1.71. The standard InChI is InChI=1S/C9H9N3O/c1-6-9(13)8-7(5-12-6)10-3-2-4-11-8/h2-6,10H,1H3. The second kappa shape index (κ2) is 2.97. The molecule has 2 rings (SSSR count). The van der Waals surface area contributed by atoms with Crippen molar-refractivity contribution in [1.82, 2.24) is 5.32 Å². The van der Waals surface area contributed by atoms with Crippen molar-refractivity contribution < 1.29 is 4.79 Å². The first-order chi connectivity index (χ1) is 6.29. The molecule has 0 aromatic rings. The summed E-state index contributed by atoms with van der Waals surface area (Å²) in [5.41, 5.74) is 1.14. The van der Waals surface area contributed by atoms with Crippen LogP contribution in [0.4, 0.5) is 0 Å². The Bertz CT molecular complexity index is 363. The van der Waals surface area contributed by atoms with E-state index in [9.17, 15) is 4.79 Å². The fourth-order valence-electron chi connectivity index (χ4n) is 1.18. The third-order valence-electron chi connectivity index (χ3n) is 1.92. The number of carbonyl (C=O) groups excluding carboxylic acids is 1. The van der Waals surface area contributed by atoms with E-state index in [-0.39, 0.29) is 11.8 Å². The molecule has 0 aromatic heterocycles. The van der Waals surface area contributed by atoms with E-state index in [0.29, 0.717) is 11.4 Å². The summed E-state index contributed by atoms with van der Waals surface area (Å²) in [4.78, 5) is 19.6. The number of Topliss-reactive ketones (excluding diaryl/α,β-unsaturated/α-hetero) is 1. The lowest BCUT2D eigenvalue weighted by molar-refractivity contribution is -0.116. The molecule has 0 saturated carbocycles. The topological polar surface area (TPSA) is 53.8 Å². The number of rotatable bonds is 0. The molecule has 1 atom stereocenters. The highest BCUT2D eigenvalue weighted by Crippen LogP contribution is 2.14. The Balaban J connectivity index is 2.44. The molecule has 2 aliphatic heterocycles. The van der Waals surface area contributed by atoms with Crippen LogP contribution in [0.15, 0.2) is 33.7 Å². The van der Waals surface area contributed by atoms with Gasteiger partial charge in [0.1, 0.15) is 11.7 Å². The van der Waals surface area contributed by atoms with E-state index in [2.05, 4.69) is 15.3 Å². The largest absolute Gasteiger partial charge is 0.359 e. The Morgan fingerprint density at radius 3 is 3.23 bits per heavy atom. The molecule has 2 aliphatic rings. The van der Waals surface area contributed by atoms with Gasteiger partial charge in [0.25, 0.3) is 0 Å². The molecule has 0 amide bonds. The smallest absolute Gasteiger partial charge is 0.207 e. The van der Waals surface area contributed by atoms with Crippen molar-refractivity contribution in [3.8, 4) is 0 Å². The zero-order valence-corrected chi connectivity index (χ0v) is 7.19. The van der Waals surface area contributed by atoms with Gasteiger partial charge in [0.2, 0.25) is 5.78 Å².